The third-order valence-corrected chi connectivity index (χ3v) is 29.4. The molecule has 0 N–H and O–H groups in total. The van der Waals surface area contributed by atoms with Crippen molar-refractivity contribution in [2.75, 3.05) is 0 Å². The van der Waals surface area contributed by atoms with Crippen molar-refractivity contribution < 1.29 is 18.3 Å². The third kappa shape index (κ3) is 7.59. The Morgan fingerprint density at radius 1 is 0.527 bits per heavy atom. The van der Waals surface area contributed by atoms with Crippen LogP contribution in [0, 0.1) is 11.3 Å². The zero-order valence-corrected chi connectivity index (χ0v) is 41.1. The van der Waals surface area contributed by atoms with Crippen molar-refractivity contribution in [1.82, 2.24) is 0 Å². The average Bonchev–Trinajstić information content (AvgIpc) is 3.63. The van der Waals surface area contributed by atoms with Crippen LogP contribution >= 0.6 is 24.8 Å². The zero-order chi connectivity index (χ0) is 39.3. The van der Waals surface area contributed by atoms with Gasteiger partial charge in [0.05, 0.1) is 0 Å². The van der Waals surface area contributed by atoms with E-state index in [0.29, 0.717) is 0 Å². The number of hydrogen-bond acceptors (Lipinski definition) is 0. The maximum absolute atomic E-state index is 6.02. The van der Waals surface area contributed by atoms with Gasteiger partial charge in [-0.05, 0) is 0 Å². The van der Waals surface area contributed by atoms with Gasteiger partial charge in [0.2, 0.25) is 0 Å². The molecule has 0 fully saturated rings. The Kier molecular flexibility index (Phi) is 12.0. The number of halogens is 2. The van der Waals surface area contributed by atoms with Gasteiger partial charge in [-0.2, -0.15) is 0 Å². The van der Waals surface area contributed by atoms with Crippen LogP contribution in [0.15, 0.2) is 99.9 Å². The van der Waals surface area contributed by atoms with E-state index in [2.05, 4.69) is 202 Å². The fraction of sp³-hybridized carbons (Fsp3) is 0.442. The first-order chi connectivity index (χ1) is 24.2. The van der Waals surface area contributed by atoms with Crippen molar-refractivity contribution in [3.8, 4) is 11.1 Å². The van der Waals surface area contributed by atoms with Crippen molar-refractivity contribution in [2.24, 2.45) is 11.3 Å². The molecule has 0 aromatic heterocycles. The van der Waals surface area contributed by atoms with Crippen molar-refractivity contribution >= 4 is 38.8 Å². The Labute approximate surface area is 349 Å². The van der Waals surface area contributed by atoms with Gasteiger partial charge in [0, 0.05) is 0 Å². The molecule has 1 unspecified atom stereocenters. The van der Waals surface area contributed by atoms with Gasteiger partial charge < -0.3 is 0 Å². The number of allylic oxidation sites excluding steroid dienone is 4. The summed E-state index contributed by atoms with van der Waals surface area (Å²) in [4.78, 5) is 0. The van der Waals surface area contributed by atoms with Crippen LogP contribution in [0.3, 0.4) is 0 Å². The molecular weight excluding hydrogens is 787 g/mol. The van der Waals surface area contributed by atoms with Crippen LogP contribution in [0.1, 0.15) is 144 Å². The van der Waals surface area contributed by atoms with Crippen LogP contribution in [0.5, 0.6) is 0 Å². The average molecular weight is 857 g/mol. The summed E-state index contributed by atoms with van der Waals surface area (Å²) in [5.41, 5.74) is 12.9. The van der Waals surface area contributed by atoms with Crippen LogP contribution < -0.4 is 9.81 Å². The molecule has 0 amide bonds. The van der Waals surface area contributed by atoms with Gasteiger partial charge in [-0.15, -0.1) is 24.8 Å². The van der Waals surface area contributed by atoms with Gasteiger partial charge in [0.1, 0.15) is 0 Å². The Bertz CT molecular complexity index is 2140. The summed E-state index contributed by atoms with van der Waals surface area (Å²) in [6.45, 7) is 37.8. The molecule has 4 aromatic rings. The van der Waals surface area contributed by atoms with E-state index >= 15 is 0 Å². The second-order valence-electron chi connectivity index (χ2n) is 21.9. The van der Waals surface area contributed by atoms with E-state index in [9.17, 15) is 0 Å². The molecule has 0 saturated heterocycles. The van der Waals surface area contributed by atoms with Gasteiger partial charge in [0.15, 0.2) is 0 Å². The SMILES string of the molecule is Cl.Cl.[CH2]=[Zr]([C]1=CC(C(C)(C)C)=CC1C)([c]1ccc(C(C)(C)C)cc1)([c]1ccc(C(C)(C)C)cc1)[c]1c(C(C)(C)C)ccc2c1Cc1cc(C(C)(C)C)ccc1-2. The maximum atomic E-state index is 6.02. The Balaban J connectivity index is 0.00000336. The summed E-state index contributed by atoms with van der Waals surface area (Å²) in [5, 5.41) is 0. The van der Waals surface area contributed by atoms with E-state index in [4.69, 9.17) is 4.21 Å². The molecule has 3 heteroatoms. The number of fused-ring (bicyclic) bond motifs is 3. The molecule has 0 radical (unpaired) electrons. The van der Waals surface area contributed by atoms with Crippen LogP contribution in [-0.2, 0) is 46.4 Å². The molecule has 55 heavy (non-hydrogen) atoms. The summed E-state index contributed by atoms with van der Waals surface area (Å²) in [6.07, 6.45) is 6.16. The number of hydrogen-bond donors (Lipinski definition) is 0. The summed E-state index contributed by atoms with van der Waals surface area (Å²) in [5.74, 6) is 0.261. The Morgan fingerprint density at radius 3 is 1.36 bits per heavy atom. The second-order valence-corrected chi connectivity index (χ2v) is 34.6. The Hall–Kier alpha value is -2.31. The van der Waals surface area contributed by atoms with Gasteiger partial charge in [0.25, 0.3) is 0 Å². The third-order valence-electron chi connectivity index (χ3n) is 12.8. The van der Waals surface area contributed by atoms with Gasteiger partial charge in [-0.1, -0.05) is 0 Å². The predicted octanol–water partition coefficient (Wildman–Crippen LogP) is 13.2. The molecule has 2 aliphatic carbocycles. The van der Waals surface area contributed by atoms with E-state index in [1.807, 2.05) is 0 Å². The molecule has 0 nitrogen and oxygen atoms in total. The molecular formula is C52H70Cl2Zr. The van der Waals surface area contributed by atoms with Crippen LogP contribution in [0.25, 0.3) is 11.1 Å². The fourth-order valence-corrected chi connectivity index (χ4v) is 27.1. The summed E-state index contributed by atoms with van der Waals surface area (Å²) >= 11 is -5.19. The minimum absolute atomic E-state index is 0. The standard InChI is InChI=1S/C21H25.C10H15.2C10H13.CH2.2ClH.Zr/c1-20(2,3)16-7-9-18-14(12-16)11-15-13-17(21(4,5)6)8-10-19(15)18;1-8-5-6-9(7-8)10(2,3)4;2*1-10(2,3)9-7-5-4-6-8-9;;;;/h7-10,12H,11H2,1-6H3;6-8H,1-4H3;2*5-8H,1-3H3;1H2;2*1H;. The predicted molar refractivity (Wildman–Crippen MR) is 248 cm³/mol. The number of rotatable bonds is 4. The van der Waals surface area contributed by atoms with Gasteiger partial charge >= 0.3 is 327 Å². The summed E-state index contributed by atoms with van der Waals surface area (Å²) in [7, 11) is 0. The van der Waals surface area contributed by atoms with Crippen molar-refractivity contribution in [3.05, 3.63) is 133 Å². The van der Waals surface area contributed by atoms with Crippen molar-refractivity contribution in [2.45, 2.75) is 139 Å². The topological polar surface area (TPSA) is 0 Å². The molecule has 0 saturated carbocycles. The van der Waals surface area contributed by atoms with Gasteiger partial charge in [-0.25, -0.2) is 0 Å². The first-order valence-corrected chi connectivity index (χ1v) is 26.8. The molecule has 6 rings (SSSR count). The van der Waals surface area contributed by atoms with E-state index in [1.54, 1.807) is 6.55 Å². The van der Waals surface area contributed by atoms with Crippen LogP contribution in [-0.4, -0.2) is 4.21 Å². The first kappa shape index (κ1) is 45.4. The molecule has 2 aliphatic rings. The molecule has 4 aromatic carbocycles. The summed E-state index contributed by atoms with van der Waals surface area (Å²) < 4.78 is 12.0. The molecule has 0 bridgehead atoms. The zero-order valence-electron chi connectivity index (χ0n) is 37.0. The van der Waals surface area contributed by atoms with Gasteiger partial charge in [-0.3, -0.25) is 0 Å². The van der Waals surface area contributed by atoms with E-state index in [1.165, 1.54) is 56.6 Å². The summed E-state index contributed by atoms with van der Waals surface area (Å²) in [6, 6.07) is 32.1. The van der Waals surface area contributed by atoms with E-state index in [-0.39, 0.29) is 57.8 Å². The Morgan fingerprint density at radius 2 is 0.964 bits per heavy atom. The molecule has 0 heterocycles. The van der Waals surface area contributed by atoms with Crippen LogP contribution in [0.2, 0.25) is 0 Å². The normalized spacial score (nSPS) is 16.4. The monoisotopic (exact) mass is 854 g/mol. The molecule has 0 spiro atoms. The van der Waals surface area contributed by atoms with E-state index < -0.39 is 18.3 Å². The van der Waals surface area contributed by atoms with Crippen LogP contribution in [0.4, 0.5) is 0 Å². The van der Waals surface area contributed by atoms with E-state index in [0.717, 1.165) is 6.42 Å². The number of benzene rings is 4. The minimum atomic E-state index is -5.19. The quantitative estimate of drug-likeness (QED) is 0.169. The molecule has 0 aliphatic heterocycles. The van der Waals surface area contributed by atoms with Crippen molar-refractivity contribution in [1.29, 1.82) is 0 Å². The molecule has 296 valence electrons. The van der Waals surface area contributed by atoms with Crippen molar-refractivity contribution in [3.63, 3.8) is 0 Å². The molecule has 1 atom stereocenters. The fourth-order valence-electron chi connectivity index (χ4n) is 9.44. The first-order valence-electron chi connectivity index (χ1n) is 20.2. The second kappa shape index (κ2) is 14.5.